The highest BCUT2D eigenvalue weighted by molar-refractivity contribution is 6.02. The van der Waals surface area contributed by atoms with E-state index in [-0.39, 0.29) is 53.0 Å². The van der Waals surface area contributed by atoms with Gasteiger partial charge in [-0.25, -0.2) is 0 Å². The lowest BCUT2D eigenvalue weighted by Crippen LogP contribution is -2.56. The second-order valence-electron chi connectivity index (χ2n) is 10.0. The number of rotatable bonds is 3. The summed E-state index contributed by atoms with van der Waals surface area (Å²) in [6, 6.07) is 0. The van der Waals surface area contributed by atoms with E-state index >= 15 is 0 Å². The van der Waals surface area contributed by atoms with Crippen LogP contribution >= 0.6 is 0 Å². The summed E-state index contributed by atoms with van der Waals surface area (Å²) in [7, 11) is 0. The zero-order valence-corrected chi connectivity index (χ0v) is 17.7. The third-order valence-electron chi connectivity index (χ3n) is 8.38. The van der Waals surface area contributed by atoms with Gasteiger partial charge < -0.3 is 4.74 Å². The Morgan fingerprint density at radius 2 is 1.93 bits per heavy atom. The van der Waals surface area contributed by atoms with E-state index in [1.165, 1.54) is 6.92 Å². The van der Waals surface area contributed by atoms with Crippen LogP contribution in [0, 0.1) is 40.4 Å². The molecule has 156 valence electrons. The fourth-order valence-electron chi connectivity index (χ4n) is 7.26. The molecule has 0 heterocycles. The number of ether oxygens (including phenoxy) is 1. The molecular weight excluding hydrogens is 368 g/mol. The molecule has 5 heteroatoms. The van der Waals surface area contributed by atoms with Crippen molar-refractivity contribution in [1.82, 2.24) is 0 Å². The first-order valence-electron chi connectivity index (χ1n) is 10.7. The van der Waals surface area contributed by atoms with E-state index < -0.39 is 11.4 Å². The number of Topliss-reactive ketones (excluding diaryl/α,β-unsaturated/α-hetero) is 2. The second kappa shape index (κ2) is 6.75. The van der Waals surface area contributed by atoms with Crippen molar-refractivity contribution in [2.45, 2.75) is 53.4 Å². The number of hydrogen-bond acceptors (Lipinski definition) is 5. The van der Waals surface area contributed by atoms with Gasteiger partial charge >= 0.3 is 5.97 Å². The maximum Gasteiger partial charge on any atom is 0.303 e. The van der Waals surface area contributed by atoms with E-state index in [0.717, 1.165) is 24.8 Å². The smallest absolute Gasteiger partial charge is 0.303 e. The fourth-order valence-corrected chi connectivity index (χ4v) is 7.26. The van der Waals surface area contributed by atoms with Gasteiger partial charge in [0.05, 0.1) is 0 Å². The number of carbonyl (C=O) groups excluding carboxylic acids is 4. The maximum absolute atomic E-state index is 13.5. The molecule has 0 aromatic carbocycles. The Labute approximate surface area is 171 Å². The van der Waals surface area contributed by atoms with E-state index in [1.54, 1.807) is 12.2 Å². The van der Waals surface area contributed by atoms with Gasteiger partial charge in [0.2, 0.25) is 0 Å². The summed E-state index contributed by atoms with van der Waals surface area (Å²) in [4.78, 5) is 49.5. The monoisotopic (exact) mass is 398 g/mol. The average Bonchev–Trinajstić information content (AvgIpc) is 2.97. The van der Waals surface area contributed by atoms with Crippen molar-refractivity contribution in [3.63, 3.8) is 0 Å². The van der Waals surface area contributed by atoms with Crippen LogP contribution in [0.4, 0.5) is 0 Å². The van der Waals surface area contributed by atoms with Crippen molar-refractivity contribution < 1.29 is 23.9 Å². The normalized spacial score (nSPS) is 43.2. The number of allylic oxidation sites excluding steroid dienone is 4. The first-order chi connectivity index (χ1) is 13.6. The van der Waals surface area contributed by atoms with Gasteiger partial charge in [-0.1, -0.05) is 32.4 Å². The third kappa shape index (κ3) is 2.96. The zero-order chi connectivity index (χ0) is 21.1. The molecule has 0 amide bonds. The molecule has 29 heavy (non-hydrogen) atoms. The Morgan fingerprint density at radius 3 is 2.62 bits per heavy atom. The van der Waals surface area contributed by atoms with Crippen molar-refractivity contribution in [3.05, 3.63) is 23.8 Å². The van der Waals surface area contributed by atoms with E-state index in [2.05, 4.69) is 20.8 Å². The molecule has 4 aliphatic carbocycles. The Hall–Kier alpha value is -2.04. The van der Waals surface area contributed by atoms with Gasteiger partial charge in [0.15, 0.2) is 11.6 Å². The van der Waals surface area contributed by atoms with Crippen molar-refractivity contribution in [3.8, 4) is 0 Å². The summed E-state index contributed by atoms with van der Waals surface area (Å²) >= 11 is 0. The van der Waals surface area contributed by atoms with Crippen molar-refractivity contribution >= 4 is 23.3 Å². The highest BCUT2D eigenvalue weighted by Crippen LogP contribution is 2.65. The van der Waals surface area contributed by atoms with Crippen LogP contribution in [-0.2, 0) is 23.9 Å². The van der Waals surface area contributed by atoms with Gasteiger partial charge in [0.25, 0.3) is 0 Å². The van der Waals surface area contributed by atoms with Gasteiger partial charge in [-0.15, -0.1) is 0 Å². The summed E-state index contributed by atoms with van der Waals surface area (Å²) in [5, 5.41) is 0. The molecule has 0 saturated heterocycles. The first-order valence-corrected chi connectivity index (χ1v) is 10.7. The molecule has 7 atom stereocenters. The lowest BCUT2D eigenvalue weighted by Gasteiger charge is -2.57. The van der Waals surface area contributed by atoms with Crippen LogP contribution in [0.2, 0.25) is 0 Å². The maximum atomic E-state index is 13.5. The third-order valence-corrected chi connectivity index (χ3v) is 8.38. The fraction of sp³-hybridized carbons (Fsp3) is 0.667. The van der Waals surface area contributed by atoms with Gasteiger partial charge in [-0.05, 0) is 54.6 Å². The predicted octanol–water partition coefficient (Wildman–Crippen LogP) is 3.47. The highest BCUT2D eigenvalue weighted by atomic mass is 16.5. The standard InChI is InChI=1S/C24H30O5/c1-13-9-16-17-5-6-18(21(28)12-29-14(2)25)24(17,4)11-20(27)22(16)23(3)8-7-15(26)10-19(13)23/h7-8,10,13,16-18,22H,5-6,9,11-12H2,1-4H3. The van der Waals surface area contributed by atoms with Gasteiger partial charge in [-0.3, -0.25) is 19.2 Å². The van der Waals surface area contributed by atoms with Gasteiger partial charge in [0, 0.05) is 30.6 Å². The minimum atomic E-state index is -0.454. The number of esters is 1. The molecule has 0 aliphatic heterocycles. The second-order valence-corrected chi connectivity index (χ2v) is 10.0. The number of hydrogen-bond donors (Lipinski definition) is 0. The zero-order valence-electron chi connectivity index (χ0n) is 17.7. The lowest BCUT2D eigenvalue weighted by molar-refractivity contribution is -0.152. The molecule has 4 rings (SSSR count). The van der Waals surface area contributed by atoms with Crippen LogP contribution in [0.1, 0.15) is 53.4 Å². The number of carbonyl (C=O) groups is 4. The van der Waals surface area contributed by atoms with Crippen LogP contribution in [0.5, 0.6) is 0 Å². The number of fused-ring (bicyclic) bond motifs is 5. The van der Waals surface area contributed by atoms with Crippen LogP contribution in [0.25, 0.3) is 0 Å². The Balaban J connectivity index is 1.66. The summed E-state index contributed by atoms with van der Waals surface area (Å²) in [5.41, 5.74) is 0.304. The molecule has 0 aromatic rings. The summed E-state index contributed by atoms with van der Waals surface area (Å²) < 4.78 is 4.97. The molecule has 0 spiro atoms. The first kappa shape index (κ1) is 20.2. The molecule has 4 aliphatic rings. The molecule has 3 fully saturated rings. The van der Waals surface area contributed by atoms with E-state index in [0.29, 0.717) is 12.3 Å². The summed E-state index contributed by atoms with van der Waals surface area (Å²) in [6.07, 6.45) is 8.24. The lowest BCUT2D eigenvalue weighted by atomic mass is 9.45. The molecule has 3 saturated carbocycles. The Bertz CT molecular complexity index is 851. The van der Waals surface area contributed by atoms with E-state index in [9.17, 15) is 19.2 Å². The molecule has 7 unspecified atom stereocenters. The average molecular weight is 398 g/mol. The minimum Gasteiger partial charge on any atom is -0.458 e. The number of ketones is 3. The van der Waals surface area contributed by atoms with Gasteiger partial charge in [0.1, 0.15) is 12.4 Å². The van der Waals surface area contributed by atoms with Crippen molar-refractivity contribution in [1.29, 1.82) is 0 Å². The molecule has 0 radical (unpaired) electrons. The molecule has 0 bridgehead atoms. The van der Waals surface area contributed by atoms with Crippen LogP contribution < -0.4 is 0 Å². The predicted molar refractivity (Wildman–Crippen MR) is 107 cm³/mol. The SMILES string of the molecule is CC(=O)OCC(=O)C1CCC2C3CC(C)C4=CC(=O)C=CC4(C)C3C(=O)CC12C. The van der Waals surface area contributed by atoms with Crippen LogP contribution in [0.3, 0.4) is 0 Å². The van der Waals surface area contributed by atoms with Gasteiger partial charge in [-0.2, -0.15) is 0 Å². The molecular formula is C24H30O5. The van der Waals surface area contributed by atoms with Crippen molar-refractivity contribution in [2.75, 3.05) is 6.61 Å². The van der Waals surface area contributed by atoms with Crippen molar-refractivity contribution in [2.24, 2.45) is 40.4 Å². The quantitative estimate of drug-likeness (QED) is 0.680. The largest absolute Gasteiger partial charge is 0.458 e. The Kier molecular flexibility index (Phi) is 4.71. The van der Waals surface area contributed by atoms with E-state index in [1.807, 2.05) is 6.08 Å². The summed E-state index contributed by atoms with van der Waals surface area (Å²) in [6.45, 7) is 7.46. The summed E-state index contributed by atoms with van der Waals surface area (Å²) in [5.74, 6) is 0.0790. The minimum absolute atomic E-state index is 0.00729. The highest BCUT2D eigenvalue weighted by Gasteiger charge is 2.63. The van der Waals surface area contributed by atoms with Crippen LogP contribution in [0.15, 0.2) is 23.8 Å². The topological polar surface area (TPSA) is 77.5 Å². The molecule has 5 nitrogen and oxygen atoms in total. The van der Waals surface area contributed by atoms with E-state index in [4.69, 9.17) is 4.74 Å². The Morgan fingerprint density at radius 1 is 1.21 bits per heavy atom. The molecule has 0 N–H and O–H groups in total. The van der Waals surface area contributed by atoms with Crippen LogP contribution in [-0.4, -0.2) is 29.9 Å². The molecule has 0 aromatic heterocycles.